The van der Waals surface area contributed by atoms with Crippen LogP contribution in [0.2, 0.25) is 0 Å². The van der Waals surface area contributed by atoms with Gasteiger partial charge in [-0.25, -0.2) is 0 Å². The summed E-state index contributed by atoms with van der Waals surface area (Å²) in [5.41, 5.74) is 0. The van der Waals surface area contributed by atoms with E-state index in [1.807, 2.05) is 0 Å². The Kier molecular flexibility index (Phi) is 1.81. The number of hydrogen-bond donors (Lipinski definition) is 0. The Labute approximate surface area is 85.7 Å². The summed E-state index contributed by atoms with van der Waals surface area (Å²) in [4.78, 5) is 34.2. The number of ether oxygens (including phenoxy) is 2. The zero-order valence-electron chi connectivity index (χ0n) is 7.97. The van der Waals surface area contributed by atoms with E-state index in [4.69, 9.17) is 9.47 Å². The van der Waals surface area contributed by atoms with Crippen LogP contribution in [0.4, 0.5) is 0 Å². The quantitative estimate of drug-likeness (QED) is 0.503. The number of carbonyl (C=O) groups is 3. The first kappa shape index (κ1) is 9.18. The molecule has 0 aromatic rings. The first-order valence-corrected chi connectivity index (χ1v) is 5.04. The molecule has 5 heteroatoms. The summed E-state index contributed by atoms with van der Waals surface area (Å²) in [5.74, 6) is -2.79. The molecule has 2 saturated carbocycles. The van der Waals surface area contributed by atoms with E-state index in [0.717, 1.165) is 0 Å². The van der Waals surface area contributed by atoms with Crippen LogP contribution in [0.25, 0.3) is 0 Å². The summed E-state index contributed by atoms with van der Waals surface area (Å²) in [5, 5.41) is 0. The molecular formula is C10H10O5. The third kappa shape index (κ3) is 1.13. The van der Waals surface area contributed by atoms with E-state index < -0.39 is 29.2 Å². The lowest BCUT2D eigenvalue weighted by atomic mass is 9.78. The van der Waals surface area contributed by atoms with Crippen molar-refractivity contribution in [1.29, 1.82) is 0 Å². The van der Waals surface area contributed by atoms with Crippen molar-refractivity contribution in [3.05, 3.63) is 0 Å². The van der Waals surface area contributed by atoms with E-state index in [2.05, 4.69) is 0 Å². The predicted octanol–water partition coefficient (Wildman–Crippen LogP) is -0.525. The molecule has 80 valence electrons. The molecule has 3 rings (SSSR count). The third-order valence-electron chi connectivity index (χ3n) is 3.56. The second kappa shape index (κ2) is 2.96. The second-order valence-corrected chi connectivity index (χ2v) is 4.27. The molecule has 4 atom stereocenters. The Morgan fingerprint density at radius 2 is 1.33 bits per heavy atom. The molecule has 0 spiro atoms. The predicted molar refractivity (Wildman–Crippen MR) is 45.8 cm³/mol. The van der Waals surface area contributed by atoms with Gasteiger partial charge in [-0.05, 0) is 12.8 Å². The van der Waals surface area contributed by atoms with E-state index in [-0.39, 0.29) is 19.0 Å². The third-order valence-corrected chi connectivity index (χ3v) is 3.56. The summed E-state index contributed by atoms with van der Waals surface area (Å²) in [6.07, 6.45) is 0.667. The Balaban J connectivity index is 1.90. The summed E-state index contributed by atoms with van der Waals surface area (Å²) < 4.78 is 10.6. The van der Waals surface area contributed by atoms with E-state index in [1.165, 1.54) is 0 Å². The van der Waals surface area contributed by atoms with Crippen molar-refractivity contribution in [2.75, 3.05) is 6.79 Å². The normalized spacial score (nSPS) is 44.4. The minimum Gasteiger partial charge on any atom is -0.349 e. The van der Waals surface area contributed by atoms with Crippen LogP contribution in [-0.4, -0.2) is 36.4 Å². The zero-order chi connectivity index (χ0) is 10.6. The fraction of sp³-hybridized carbons (Fsp3) is 0.700. The molecule has 1 heterocycles. The van der Waals surface area contributed by atoms with Gasteiger partial charge in [-0.1, -0.05) is 0 Å². The van der Waals surface area contributed by atoms with E-state index in [1.54, 1.807) is 0 Å². The highest BCUT2D eigenvalue weighted by atomic mass is 16.7. The number of hydrogen-bond acceptors (Lipinski definition) is 5. The van der Waals surface area contributed by atoms with Gasteiger partial charge in [0.05, 0.1) is 12.2 Å². The molecule has 3 fully saturated rings. The molecule has 15 heavy (non-hydrogen) atoms. The number of ketones is 3. The number of fused-ring (bicyclic) bond motifs is 2. The van der Waals surface area contributed by atoms with Gasteiger partial charge in [0.1, 0.15) is 6.79 Å². The highest BCUT2D eigenvalue weighted by Crippen LogP contribution is 2.40. The van der Waals surface area contributed by atoms with Crippen LogP contribution < -0.4 is 0 Å². The maximum Gasteiger partial charge on any atom is 0.264 e. The summed E-state index contributed by atoms with van der Waals surface area (Å²) in [6, 6.07) is 0. The van der Waals surface area contributed by atoms with Crippen LogP contribution in [0.1, 0.15) is 12.8 Å². The molecule has 0 radical (unpaired) electrons. The van der Waals surface area contributed by atoms with Crippen molar-refractivity contribution < 1.29 is 23.9 Å². The van der Waals surface area contributed by atoms with Gasteiger partial charge >= 0.3 is 0 Å². The van der Waals surface area contributed by atoms with Gasteiger partial charge in [0.25, 0.3) is 5.78 Å². The van der Waals surface area contributed by atoms with E-state index >= 15 is 0 Å². The number of Topliss-reactive ketones (excluding diaryl/α,β-unsaturated/α-hetero) is 3. The Hall–Kier alpha value is -1.07. The molecule has 3 aliphatic rings. The van der Waals surface area contributed by atoms with Crippen molar-refractivity contribution in [3.63, 3.8) is 0 Å². The molecule has 0 aromatic carbocycles. The summed E-state index contributed by atoms with van der Waals surface area (Å²) in [6.45, 7) is 0.227. The van der Waals surface area contributed by atoms with Gasteiger partial charge in [0.15, 0.2) is 0 Å². The second-order valence-electron chi connectivity index (χ2n) is 4.27. The van der Waals surface area contributed by atoms with Gasteiger partial charge < -0.3 is 9.47 Å². The van der Waals surface area contributed by atoms with Gasteiger partial charge in [-0.15, -0.1) is 0 Å². The maximum absolute atomic E-state index is 11.5. The minimum atomic E-state index is -0.829. The molecule has 1 saturated heterocycles. The highest BCUT2D eigenvalue weighted by molar-refractivity contribution is 6.68. The van der Waals surface area contributed by atoms with Crippen molar-refractivity contribution >= 4 is 17.3 Å². The molecule has 0 N–H and O–H groups in total. The molecule has 4 unspecified atom stereocenters. The van der Waals surface area contributed by atoms with Crippen molar-refractivity contribution in [3.8, 4) is 0 Å². The summed E-state index contributed by atoms with van der Waals surface area (Å²) in [7, 11) is 0. The topological polar surface area (TPSA) is 69.7 Å². The van der Waals surface area contributed by atoms with Crippen LogP contribution in [0.3, 0.4) is 0 Å². The molecule has 2 aliphatic carbocycles. The Morgan fingerprint density at radius 1 is 0.867 bits per heavy atom. The largest absolute Gasteiger partial charge is 0.349 e. The molecule has 0 bridgehead atoms. The van der Waals surface area contributed by atoms with Gasteiger partial charge in [0.2, 0.25) is 11.6 Å². The van der Waals surface area contributed by atoms with Crippen molar-refractivity contribution in [2.45, 2.75) is 25.0 Å². The van der Waals surface area contributed by atoms with Gasteiger partial charge in [0, 0.05) is 11.8 Å². The molecular weight excluding hydrogens is 200 g/mol. The minimum absolute atomic E-state index is 0.117. The molecule has 0 amide bonds. The average molecular weight is 210 g/mol. The standard InChI is InChI=1S/C10H10O5/c11-8-4-1-6-7(15-3-14-6)2-5(4)9(12)10(8)13/h4-7H,1-3H2. The molecule has 5 nitrogen and oxygen atoms in total. The first-order chi connectivity index (χ1) is 7.18. The Bertz CT molecular complexity index is 329. The number of rotatable bonds is 0. The van der Waals surface area contributed by atoms with Crippen LogP contribution in [0.15, 0.2) is 0 Å². The molecule has 1 aliphatic heterocycles. The first-order valence-electron chi connectivity index (χ1n) is 5.04. The summed E-state index contributed by atoms with van der Waals surface area (Å²) >= 11 is 0. The van der Waals surface area contributed by atoms with Crippen LogP contribution in [-0.2, 0) is 23.9 Å². The number of carbonyl (C=O) groups excluding carboxylic acids is 3. The van der Waals surface area contributed by atoms with E-state index in [0.29, 0.717) is 12.8 Å². The van der Waals surface area contributed by atoms with Gasteiger partial charge in [-0.3, -0.25) is 14.4 Å². The molecule has 0 aromatic heterocycles. The lowest BCUT2D eigenvalue weighted by Crippen LogP contribution is -2.38. The van der Waals surface area contributed by atoms with Crippen LogP contribution in [0, 0.1) is 11.8 Å². The van der Waals surface area contributed by atoms with Crippen molar-refractivity contribution in [1.82, 2.24) is 0 Å². The maximum atomic E-state index is 11.5. The fourth-order valence-corrected chi connectivity index (χ4v) is 2.74. The Morgan fingerprint density at radius 3 is 1.80 bits per heavy atom. The SMILES string of the molecule is O=C1C(=O)C2CC3OCOC3CC2C1=O. The lowest BCUT2D eigenvalue weighted by Gasteiger charge is -2.29. The van der Waals surface area contributed by atoms with Crippen LogP contribution in [0.5, 0.6) is 0 Å². The average Bonchev–Trinajstić information content (AvgIpc) is 2.77. The van der Waals surface area contributed by atoms with Gasteiger partial charge in [-0.2, -0.15) is 0 Å². The monoisotopic (exact) mass is 210 g/mol. The van der Waals surface area contributed by atoms with Crippen molar-refractivity contribution in [2.24, 2.45) is 11.8 Å². The highest BCUT2D eigenvalue weighted by Gasteiger charge is 2.55. The fourth-order valence-electron chi connectivity index (χ4n) is 2.74. The van der Waals surface area contributed by atoms with E-state index in [9.17, 15) is 14.4 Å². The smallest absolute Gasteiger partial charge is 0.264 e. The lowest BCUT2D eigenvalue weighted by molar-refractivity contribution is -0.141. The van der Waals surface area contributed by atoms with Crippen LogP contribution >= 0.6 is 0 Å². The zero-order valence-corrected chi connectivity index (χ0v) is 7.97.